The van der Waals surface area contributed by atoms with Gasteiger partial charge in [-0.25, -0.2) is 14.3 Å². The summed E-state index contributed by atoms with van der Waals surface area (Å²) in [6.45, 7) is 7.14. The molecule has 0 radical (unpaired) electrons. The number of aliphatic carboxylic acids is 1. The summed E-state index contributed by atoms with van der Waals surface area (Å²) in [4.78, 5) is 27.7. The number of carboxylic acids is 1. The molecule has 0 aliphatic rings. The van der Waals surface area contributed by atoms with Gasteiger partial charge in [0.05, 0.1) is 17.0 Å². The fourth-order valence-electron chi connectivity index (χ4n) is 2.16. The Kier molecular flexibility index (Phi) is 4.55. The van der Waals surface area contributed by atoms with Crippen molar-refractivity contribution in [1.82, 2.24) is 19.9 Å². The fourth-order valence-corrected chi connectivity index (χ4v) is 2.16. The number of rotatable bonds is 6. The molecule has 0 saturated carbocycles. The van der Waals surface area contributed by atoms with Gasteiger partial charge in [0.15, 0.2) is 5.65 Å². The molecule has 2 rings (SSSR count). The molecule has 0 aliphatic heterocycles. The minimum atomic E-state index is -1.07. The van der Waals surface area contributed by atoms with Crippen molar-refractivity contribution in [2.45, 2.75) is 32.7 Å². The van der Waals surface area contributed by atoms with Crippen molar-refractivity contribution < 1.29 is 14.7 Å². The molecular formula is C15H18N4O3. The minimum absolute atomic E-state index is 0.292. The van der Waals surface area contributed by atoms with E-state index in [1.54, 1.807) is 23.6 Å². The van der Waals surface area contributed by atoms with E-state index in [4.69, 9.17) is 5.11 Å². The van der Waals surface area contributed by atoms with E-state index in [0.717, 1.165) is 5.69 Å². The van der Waals surface area contributed by atoms with E-state index in [2.05, 4.69) is 22.0 Å². The van der Waals surface area contributed by atoms with Crippen molar-refractivity contribution in [3.63, 3.8) is 0 Å². The lowest BCUT2D eigenvalue weighted by molar-refractivity contribution is -0.139. The maximum absolute atomic E-state index is 12.3. The van der Waals surface area contributed by atoms with E-state index in [1.807, 2.05) is 6.92 Å². The van der Waals surface area contributed by atoms with E-state index in [-0.39, 0.29) is 0 Å². The molecule has 7 heteroatoms. The van der Waals surface area contributed by atoms with E-state index in [1.165, 1.54) is 6.20 Å². The van der Waals surface area contributed by atoms with Crippen molar-refractivity contribution in [1.29, 1.82) is 0 Å². The van der Waals surface area contributed by atoms with Crippen LogP contribution in [0.5, 0.6) is 0 Å². The summed E-state index contributed by atoms with van der Waals surface area (Å²) < 4.78 is 1.57. The largest absolute Gasteiger partial charge is 0.480 e. The predicted molar refractivity (Wildman–Crippen MR) is 80.8 cm³/mol. The zero-order valence-corrected chi connectivity index (χ0v) is 12.5. The average molecular weight is 302 g/mol. The second-order valence-electron chi connectivity index (χ2n) is 5.04. The predicted octanol–water partition coefficient (Wildman–Crippen LogP) is 1.50. The minimum Gasteiger partial charge on any atom is -0.480 e. The van der Waals surface area contributed by atoms with Crippen LogP contribution in [-0.4, -0.2) is 37.6 Å². The molecule has 0 bridgehead atoms. The van der Waals surface area contributed by atoms with Crippen LogP contribution >= 0.6 is 0 Å². The summed E-state index contributed by atoms with van der Waals surface area (Å²) in [6.07, 6.45) is 3.85. The topological polar surface area (TPSA) is 96.6 Å². The maximum atomic E-state index is 12.3. The highest BCUT2D eigenvalue weighted by molar-refractivity contribution is 5.97. The van der Waals surface area contributed by atoms with Crippen molar-refractivity contribution in [2.75, 3.05) is 0 Å². The summed E-state index contributed by atoms with van der Waals surface area (Å²) >= 11 is 0. The molecule has 1 atom stereocenters. The molecule has 2 N–H and O–H groups in total. The first-order chi connectivity index (χ1) is 10.4. The third kappa shape index (κ3) is 3.13. The molecule has 22 heavy (non-hydrogen) atoms. The molecule has 1 amide bonds. The van der Waals surface area contributed by atoms with Gasteiger partial charge >= 0.3 is 5.97 Å². The normalized spacial score (nSPS) is 12.1. The summed E-state index contributed by atoms with van der Waals surface area (Å²) in [7, 11) is 0. The lowest BCUT2D eigenvalue weighted by Crippen LogP contribution is -2.41. The van der Waals surface area contributed by atoms with Crippen LogP contribution in [0.3, 0.4) is 0 Å². The summed E-state index contributed by atoms with van der Waals surface area (Å²) in [5.41, 5.74) is 2.36. The number of amides is 1. The summed E-state index contributed by atoms with van der Waals surface area (Å²) in [5.74, 6) is -1.55. The highest BCUT2D eigenvalue weighted by atomic mass is 16.4. The number of allylic oxidation sites excluding steroid dienone is 1. The van der Waals surface area contributed by atoms with Gasteiger partial charge in [0.2, 0.25) is 0 Å². The van der Waals surface area contributed by atoms with E-state index >= 15 is 0 Å². The monoisotopic (exact) mass is 302 g/mol. The van der Waals surface area contributed by atoms with Crippen LogP contribution in [0.4, 0.5) is 0 Å². The van der Waals surface area contributed by atoms with Gasteiger partial charge in [0.25, 0.3) is 5.91 Å². The number of carbonyl (C=O) groups excluding carboxylic acids is 1. The second kappa shape index (κ2) is 6.38. The number of aryl methyl sites for hydroxylation is 2. The SMILES string of the molecule is C=CCCC(NC(=O)c1cnc2cc(C)nn2c1C)C(=O)O. The molecule has 2 aromatic rings. The van der Waals surface area contributed by atoms with E-state index in [9.17, 15) is 9.59 Å². The van der Waals surface area contributed by atoms with Crippen LogP contribution in [-0.2, 0) is 4.79 Å². The number of carbonyl (C=O) groups is 2. The molecule has 2 heterocycles. The Labute approximate surface area is 127 Å². The molecule has 0 aliphatic carbocycles. The third-order valence-corrected chi connectivity index (χ3v) is 3.35. The zero-order valence-electron chi connectivity index (χ0n) is 12.5. The number of fused-ring (bicyclic) bond motifs is 1. The first-order valence-electron chi connectivity index (χ1n) is 6.90. The molecule has 0 saturated heterocycles. The summed E-state index contributed by atoms with van der Waals surface area (Å²) in [5, 5.41) is 15.9. The first-order valence-corrected chi connectivity index (χ1v) is 6.90. The van der Waals surface area contributed by atoms with Crippen molar-refractivity contribution in [3.05, 3.63) is 41.9 Å². The third-order valence-electron chi connectivity index (χ3n) is 3.35. The number of nitrogens with one attached hydrogen (secondary N) is 1. The first kappa shape index (κ1) is 15.7. The smallest absolute Gasteiger partial charge is 0.326 e. The number of hydrogen-bond acceptors (Lipinski definition) is 4. The highest BCUT2D eigenvalue weighted by Crippen LogP contribution is 2.11. The second-order valence-corrected chi connectivity index (χ2v) is 5.04. The quantitative estimate of drug-likeness (QED) is 0.788. The molecule has 7 nitrogen and oxygen atoms in total. The Bertz CT molecular complexity index is 736. The van der Waals surface area contributed by atoms with Gasteiger partial charge in [-0.15, -0.1) is 6.58 Å². The zero-order chi connectivity index (χ0) is 16.3. The number of carboxylic acid groups (broad SMARTS) is 1. The van der Waals surface area contributed by atoms with Crippen LogP contribution in [0.2, 0.25) is 0 Å². The van der Waals surface area contributed by atoms with Crippen LogP contribution in [0.25, 0.3) is 5.65 Å². The Hall–Kier alpha value is -2.70. The van der Waals surface area contributed by atoms with Gasteiger partial charge < -0.3 is 10.4 Å². The van der Waals surface area contributed by atoms with E-state index in [0.29, 0.717) is 29.7 Å². The Morgan fingerprint density at radius 1 is 1.50 bits per heavy atom. The Balaban J connectivity index is 2.26. The number of nitrogens with zero attached hydrogens (tertiary/aromatic N) is 3. The van der Waals surface area contributed by atoms with Crippen LogP contribution < -0.4 is 5.32 Å². The van der Waals surface area contributed by atoms with Crippen LogP contribution in [0, 0.1) is 13.8 Å². The van der Waals surface area contributed by atoms with Crippen molar-refractivity contribution in [3.8, 4) is 0 Å². The number of hydrogen-bond donors (Lipinski definition) is 2. The molecule has 0 fully saturated rings. The standard InChI is InChI=1S/C15H18N4O3/c1-4-5-6-12(15(21)22)17-14(20)11-8-16-13-7-9(2)18-19(13)10(11)3/h4,7-8,12H,1,5-6H2,2-3H3,(H,17,20)(H,21,22). The summed E-state index contributed by atoms with van der Waals surface area (Å²) in [6, 6.07) is 0.846. The molecule has 1 unspecified atom stereocenters. The molecule has 0 aromatic carbocycles. The van der Waals surface area contributed by atoms with Crippen LogP contribution in [0.1, 0.15) is 34.6 Å². The highest BCUT2D eigenvalue weighted by Gasteiger charge is 2.22. The molecule has 0 spiro atoms. The van der Waals surface area contributed by atoms with Crippen LogP contribution in [0.15, 0.2) is 24.9 Å². The lowest BCUT2D eigenvalue weighted by atomic mass is 10.1. The van der Waals surface area contributed by atoms with Gasteiger partial charge in [-0.1, -0.05) is 6.08 Å². The van der Waals surface area contributed by atoms with Gasteiger partial charge in [-0.2, -0.15) is 5.10 Å². The lowest BCUT2D eigenvalue weighted by Gasteiger charge is -2.14. The van der Waals surface area contributed by atoms with Crippen molar-refractivity contribution >= 4 is 17.5 Å². The fraction of sp³-hybridized carbons (Fsp3) is 0.333. The Morgan fingerprint density at radius 2 is 2.23 bits per heavy atom. The van der Waals surface area contributed by atoms with E-state index < -0.39 is 17.9 Å². The van der Waals surface area contributed by atoms with Gasteiger partial charge in [-0.3, -0.25) is 4.79 Å². The number of aromatic nitrogens is 3. The van der Waals surface area contributed by atoms with Gasteiger partial charge in [0, 0.05) is 12.3 Å². The molecule has 2 aromatic heterocycles. The molecular weight excluding hydrogens is 284 g/mol. The molecule has 116 valence electrons. The Morgan fingerprint density at radius 3 is 2.86 bits per heavy atom. The van der Waals surface area contributed by atoms with Gasteiger partial charge in [-0.05, 0) is 26.7 Å². The maximum Gasteiger partial charge on any atom is 0.326 e. The van der Waals surface area contributed by atoms with Gasteiger partial charge in [0.1, 0.15) is 6.04 Å². The van der Waals surface area contributed by atoms with Crippen molar-refractivity contribution in [2.24, 2.45) is 0 Å². The average Bonchev–Trinajstić information content (AvgIpc) is 2.84.